The number of para-hydroxylation sites is 2. The van der Waals surface area contributed by atoms with E-state index in [1.807, 2.05) is 18.2 Å². The number of nitrogens with zero attached hydrogens (tertiary/aromatic N) is 1. The van der Waals surface area contributed by atoms with Crippen molar-refractivity contribution in [1.29, 1.82) is 0 Å². The van der Waals surface area contributed by atoms with Crippen molar-refractivity contribution in [2.45, 2.75) is 70.5 Å². The van der Waals surface area contributed by atoms with Crippen LogP contribution in [-0.4, -0.2) is 11.7 Å². The van der Waals surface area contributed by atoms with Crippen molar-refractivity contribution >= 4 is 23.1 Å². The van der Waals surface area contributed by atoms with E-state index in [0.717, 1.165) is 17.7 Å². The first-order chi connectivity index (χ1) is 18.9. The zero-order valence-corrected chi connectivity index (χ0v) is 23.1. The Morgan fingerprint density at radius 3 is 2.08 bits per heavy atom. The van der Waals surface area contributed by atoms with Gasteiger partial charge in [0, 0.05) is 24.1 Å². The lowest BCUT2D eigenvalue weighted by Crippen LogP contribution is -2.38. The molecule has 0 aromatic heterocycles. The van der Waals surface area contributed by atoms with E-state index < -0.39 is 17.8 Å². The highest BCUT2D eigenvalue weighted by atomic mass is 19.4. The van der Waals surface area contributed by atoms with E-state index >= 15 is 0 Å². The standard InChI is InChI=1S/C33H33F3N2O2/c1-5-29(40)38-27-9-7-6-8-25(27)37-26-18-22(20-10-14-23(15-11-20)32(2,3)4)19-28(39)30(26)31(38)21-12-16-24(17-13-21)33(34,35)36/h6-17,22,31,37H,5,18-19H2,1-4H3/t22-,31+/m1/s1. The first kappa shape index (κ1) is 27.7. The van der Waals surface area contributed by atoms with Gasteiger partial charge in [0.05, 0.1) is 23.0 Å². The highest BCUT2D eigenvalue weighted by Crippen LogP contribution is 2.48. The van der Waals surface area contributed by atoms with Gasteiger partial charge >= 0.3 is 6.18 Å². The lowest BCUT2D eigenvalue weighted by Gasteiger charge is -2.35. The number of alkyl halides is 3. The third-order valence-electron chi connectivity index (χ3n) is 7.86. The van der Waals surface area contributed by atoms with Crippen LogP contribution in [-0.2, 0) is 21.2 Å². The number of Topliss-reactive ketones (excluding diaryl/α,β-unsaturated/α-hetero) is 1. The number of allylic oxidation sites excluding steroid dienone is 1. The number of halogens is 3. The number of fused-ring (bicyclic) bond motifs is 1. The van der Waals surface area contributed by atoms with Gasteiger partial charge in [-0.2, -0.15) is 13.2 Å². The summed E-state index contributed by atoms with van der Waals surface area (Å²) in [6.45, 7) is 8.20. The van der Waals surface area contributed by atoms with Crippen molar-refractivity contribution < 1.29 is 22.8 Å². The van der Waals surface area contributed by atoms with Gasteiger partial charge in [0.15, 0.2) is 5.78 Å². The number of carbonyl (C=O) groups excluding carboxylic acids is 2. The molecule has 4 nitrogen and oxygen atoms in total. The molecule has 0 spiro atoms. The highest BCUT2D eigenvalue weighted by Gasteiger charge is 2.41. The summed E-state index contributed by atoms with van der Waals surface area (Å²) in [4.78, 5) is 29.0. The van der Waals surface area contributed by atoms with Gasteiger partial charge in [0.25, 0.3) is 0 Å². The van der Waals surface area contributed by atoms with Gasteiger partial charge in [0.1, 0.15) is 0 Å². The number of nitrogens with one attached hydrogen (secondary N) is 1. The first-order valence-corrected chi connectivity index (χ1v) is 13.6. The molecular formula is C33H33F3N2O2. The molecule has 0 bridgehead atoms. The number of rotatable bonds is 3. The predicted molar refractivity (Wildman–Crippen MR) is 151 cm³/mol. The summed E-state index contributed by atoms with van der Waals surface area (Å²) in [6, 6.07) is 19.6. The lowest BCUT2D eigenvalue weighted by atomic mass is 9.77. The number of benzene rings is 3. The van der Waals surface area contributed by atoms with Crippen LogP contribution in [0.1, 0.15) is 81.2 Å². The Kier molecular flexibility index (Phi) is 7.11. The molecule has 3 aromatic rings. The monoisotopic (exact) mass is 546 g/mol. The Hall–Kier alpha value is -3.87. The molecule has 2 atom stereocenters. The molecule has 3 aromatic carbocycles. The second kappa shape index (κ2) is 10.3. The van der Waals surface area contributed by atoms with Crippen LogP contribution in [0.5, 0.6) is 0 Å². The maximum Gasteiger partial charge on any atom is 0.416 e. The maximum absolute atomic E-state index is 14.0. The molecule has 5 rings (SSSR count). The fraction of sp³-hybridized carbons (Fsp3) is 0.333. The molecule has 7 heteroatoms. The summed E-state index contributed by atoms with van der Waals surface area (Å²) in [5.41, 5.74) is 4.35. The molecule has 0 radical (unpaired) electrons. The normalized spacial score (nSPS) is 19.5. The Balaban J connectivity index is 1.64. The molecule has 0 unspecified atom stereocenters. The van der Waals surface area contributed by atoms with Crippen LogP contribution in [0, 0.1) is 0 Å². The second-order valence-corrected chi connectivity index (χ2v) is 11.6. The molecule has 1 amide bonds. The molecule has 0 fully saturated rings. The van der Waals surface area contributed by atoms with Crippen LogP contribution >= 0.6 is 0 Å². The molecule has 1 aliphatic heterocycles. The first-order valence-electron chi connectivity index (χ1n) is 13.6. The van der Waals surface area contributed by atoms with Crippen LogP contribution in [0.2, 0.25) is 0 Å². The van der Waals surface area contributed by atoms with E-state index in [4.69, 9.17) is 0 Å². The molecule has 1 heterocycles. The summed E-state index contributed by atoms with van der Waals surface area (Å²) >= 11 is 0. The zero-order chi connectivity index (χ0) is 28.8. The number of carbonyl (C=O) groups is 2. The summed E-state index contributed by atoms with van der Waals surface area (Å²) in [6.07, 6.45) is -3.53. The van der Waals surface area contributed by atoms with E-state index in [9.17, 15) is 22.8 Å². The minimum absolute atomic E-state index is 0.00727. The molecular weight excluding hydrogens is 513 g/mol. The summed E-state index contributed by atoms with van der Waals surface area (Å²) < 4.78 is 40.1. The maximum atomic E-state index is 14.0. The van der Waals surface area contributed by atoms with Crippen molar-refractivity contribution in [2.75, 3.05) is 10.2 Å². The van der Waals surface area contributed by atoms with Crippen molar-refractivity contribution in [2.24, 2.45) is 0 Å². The number of hydrogen-bond acceptors (Lipinski definition) is 3. The number of ketones is 1. The van der Waals surface area contributed by atoms with Gasteiger partial charge in [0.2, 0.25) is 5.91 Å². The van der Waals surface area contributed by atoms with Crippen molar-refractivity contribution in [3.63, 3.8) is 0 Å². The van der Waals surface area contributed by atoms with Gasteiger partial charge in [-0.15, -0.1) is 0 Å². The zero-order valence-electron chi connectivity index (χ0n) is 23.1. The molecule has 2 aliphatic rings. The smallest absolute Gasteiger partial charge is 0.357 e. The van der Waals surface area contributed by atoms with Crippen molar-refractivity contribution in [3.8, 4) is 0 Å². The Morgan fingerprint density at radius 1 is 0.875 bits per heavy atom. The Labute approximate surface area is 232 Å². The molecule has 40 heavy (non-hydrogen) atoms. The molecule has 0 saturated heterocycles. The van der Waals surface area contributed by atoms with E-state index in [1.54, 1.807) is 17.9 Å². The quantitative estimate of drug-likeness (QED) is 0.359. The lowest BCUT2D eigenvalue weighted by molar-refractivity contribution is -0.137. The minimum atomic E-state index is -4.49. The van der Waals surface area contributed by atoms with Crippen LogP contribution < -0.4 is 10.2 Å². The topological polar surface area (TPSA) is 49.4 Å². The third kappa shape index (κ3) is 5.17. The highest BCUT2D eigenvalue weighted by molar-refractivity contribution is 6.06. The van der Waals surface area contributed by atoms with E-state index in [-0.39, 0.29) is 35.9 Å². The Morgan fingerprint density at radius 2 is 1.48 bits per heavy atom. The fourth-order valence-electron chi connectivity index (χ4n) is 5.70. The van der Waals surface area contributed by atoms with Gasteiger partial charge in [-0.1, -0.05) is 76.2 Å². The van der Waals surface area contributed by atoms with E-state index in [2.05, 4.69) is 50.4 Å². The average molecular weight is 547 g/mol. The number of hydrogen-bond donors (Lipinski definition) is 1. The second-order valence-electron chi connectivity index (χ2n) is 11.6. The fourth-order valence-corrected chi connectivity index (χ4v) is 5.70. The van der Waals surface area contributed by atoms with Crippen LogP contribution in [0.4, 0.5) is 24.5 Å². The van der Waals surface area contributed by atoms with Crippen LogP contribution in [0.15, 0.2) is 84.1 Å². The molecule has 1 aliphatic carbocycles. The van der Waals surface area contributed by atoms with E-state index in [0.29, 0.717) is 34.6 Å². The van der Waals surface area contributed by atoms with Crippen molar-refractivity contribution in [3.05, 3.63) is 106 Å². The average Bonchev–Trinajstić information content (AvgIpc) is 3.06. The third-order valence-corrected chi connectivity index (χ3v) is 7.86. The van der Waals surface area contributed by atoms with Gasteiger partial charge in [-0.05, 0) is 58.7 Å². The summed E-state index contributed by atoms with van der Waals surface area (Å²) in [5, 5.41) is 3.46. The van der Waals surface area contributed by atoms with Crippen LogP contribution in [0.25, 0.3) is 0 Å². The SMILES string of the molecule is CCC(=O)N1c2ccccc2NC2=C(C(=O)C[C@H](c3ccc(C(C)(C)C)cc3)C2)[C@@H]1c1ccc(C(F)(F)F)cc1. The minimum Gasteiger partial charge on any atom is -0.357 e. The van der Waals surface area contributed by atoms with E-state index in [1.165, 1.54) is 17.7 Å². The molecule has 1 N–H and O–H groups in total. The number of amides is 1. The summed E-state index contributed by atoms with van der Waals surface area (Å²) in [7, 11) is 0. The largest absolute Gasteiger partial charge is 0.416 e. The van der Waals surface area contributed by atoms with Crippen molar-refractivity contribution in [1.82, 2.24) is 0 Å². The van der Waals surface area contributed by atoms with Crippen LogP contribution in [0.3, 0.4) is 0 Å². The van der Waals surface area contributed by atoms with Gasteiger partial charge in [-0.3, -0.25) is 14.5 Å². The molecule has 0 saturated carbocycles. The van der Waals surface area contributed by atoms with Gasteiger partial charge in [-0.25, -0.2) is 0 Å². The number of anilines is 2. The van der Waals surface area contributed by atoms with Gasteiger partial charge < -0.3 is 5.32 Å². The summed E-state index contributed by atoms with van der Waals surface area (Å²) in [5.74, 6) is -0.410. The predicted octanol–water partition coefficient (Wildman–Crippen LogP) is 8.31. The molecule has 208 valence electrons. The Bertz CT molecular complexity index is 1470.